The monoisotopic (exact) mass is 406 g/mol. The van der Waals surface area contributed by atoms with Gasteiger partial charge in [0.15, 0.2) is 0 Å². The van der Waals surface area contributed by atoms with Crippen molar-refractivity contribution in [2.75, 3.05) is 0 Å². The first-order chi connectivity index (χ1) is 13.6. The van der Waals surface area contributed by atoms with Gasteiger partial charge in [-0.05, 0) is 104 Å². The molecule has 4 fully saturated rings. The Balaban J connectivity index is 1.56. The highest BCUT2D eigenvalue weighted by Gasteiger charge is 2.62. The smallest absolute Gasteiger partial charge is 0.306 e. The van der Waals surface area contributed by atoms with Crippen LogP contribution in [0.5, 0.6) is 0 Å². The number of hydrogen-bond acceptors (Lipinski definition) is 3. The minimum Gasteiger partial charge on any atom is -0.481 e. The highest BCUT2D eigenvalue weighted by atomic mass is 16.4. The van der Waals surface area contributed by atoms with Gasteiger partial charge in [-0.3, -0.25) is 4.79 Å². The van der Waals surface area contributed by atoms with Crippen molar-refractivity contribution in [3.63, 3.8) is 0 Å². The molecule has 0 radical (unpaired) electrons. The zero-order valence-electron chi connectivity index (χ0n) is 18.8. The van der Waals surface area contributed by atoms with Gasteiger partial charge < -0.3 is 15.3 Å². The fourth-order valence-electron chi connectivity index (χ4n) is 9.00. The lowest BCUT2D eigenvalue weighted by Crippen LogP contribution is -2.58. The normalized spacial score (nSPS) is 51.4. The SMILES string of the molecule is C[C@H](C[C@H](C)C(=O)O)[C@H]1CCC2C3C(CC[C@@]21C)[C@@]1(C)CC[C@@H](O)CC1C[C@H]3O. The maximum atomic E-state index is 11.4. The summed E-state index contributed by atoms with van der Waals surface area (Å²) in [7, 11) is 0. The molecule has 0 saturated heterocycles. The molecule has 4 unspecified atom stereocenters. The predicted octanol–water partition coefficient (Wildman–Crippen LogP) is 4.72. The number of aliphatic hydroxyl groups is 2. The highest BCUT2D eigenvalue weighted by molar-refractivity contribution is 5.69. The topological polar surface area (TPSA) is 77.8 Å². The summed E-state index contributed by atoms with van der Waals surface area (Å²) in [5.41, 5.74) is 0.503. The molecule has 4 heteroatoms. The fraction of sp³-hybridized carbons (Fsp3) is 0.960. The van der Waals surface area contributed by atoms with Crippen LogP contribution in [0.25, 0.3) is 0 Å². The number of carboxylic acids is 1. The van der Waals surface area contributed by atoms with E-state index in [2.05, 4.69) is 20.8 Å². The third-order valence-electron chi connectivity index (χ3n) is 10.6. The summed E-state index contributed by atoms with van der Waals surface area (Å²) < 4.78 is 0. The van der Waals surface area contributed by atoms with Crippen LogP contribution in [0.2, 0.25) is 0 Å². The van der Waals surface area contributed by atoms with Crippen molar-refractivity contribution in [3.8, 4) is 0 Å². The molecule has 29 heavy (non-hydrogen) atoms. The number of hydrogen-bond donors (Lipinski definition) is 3. The van der Waals surface area contributed by atoms with Crippen LogP contribution in [-0.4, -0.2) is 33.5 Å². The van der Waals surface area contributed by atoms with Gasteiger partial charge in [-0.15, -0.1) is 0 Å². The van der Waals surface area contributed by atoms with E-state index in [1.807, 2.05) is 6.92 Å². The van der Waals surface area contributed by atoms with E-state index in [0.717, 1.165) is 32.1 Å². The molecule has 3 N–H and O–H groups in total. The van der Waals surface area contributed by atoms with Gasteiger partial charge in [0.05, 0.1) is 18.1 Å². The Morgan fingerprint density at radius 2 is 1.62 bits per heavy atom. The average molecular weight is 407 g/mol. The summed E-state index contributed by atoms with van der Waals surface area (Å²) in [5.74, 6) is 2.02. The van der Waals surface area contributed by atoms with Crippen LogP contribution < -0.4 is 0 Å². The molecule has 0 spiro atoms. The van der Waals surface area contributed by atoms with Gasteiger partial charge in [0.25, 0.3) is 0 Å². The predicted molar refractivity (Wildman–Crippen MR) is 113 cm³/mol. The van der Waals surface area contributed by atoms with Crippen LogP contribution in [0.1, 0.15) is 85.5 Å². The molecule has 0 heterocycles. The molecule has 4 nitrogen and oxygen atoms in total. The molecule has 4 aliphatic carbocycles. The van der Waals surface area contributed by atoms with Gasteiger partial charge in [0.2, 0.25) is 0 Å². The lowest BCUT2D eigenvalue weighted by atomic mass is 9.43. The van der Waals surface area contributed by atoms with Crippen molar-refractivity contribution in [3.05, 3.63) is 0 Å². The summed E-state index contributed by atoms with van der Waals surface area (Å²) >= 11 is 0. The zero-order chi connectivity index (χ0) is 21.1. The number of aliphatic carboxylic acids is 1. The molecule has 0 amide bonds. The molecule has 0 bridgehead atoms. The Morgan fingerprint density at radius 1 is 0.966 bits per heavy atom. The summed E-state index contributed by atoms with van der Waals surface area (Å²) in [5, 5.41) is 30.9. The van der Waals surface area contributed by atoms with Crippen LogP contribution in [0.15, 0.2) is 0 Å². The van der Waals surface area contributed by atoms with Gasteiger partial charge in [-0.25, -0.2) is 0 Å². The molecule has 166 valence electrons. The van der Waals surface area contributed by atoms with Gasteiger partial charge in [0.1, 0.15) is 0 Å². The summed E-state index contributed by atoms with van der Waals surface area (Å²) in [6.45, 7) is 9.02. The number of fused-ring (bicyclic) bond motifs is 5. The summed E-state index contributed by atoms with van der Waals surface area (Å²) in [4.78, 5) is 11.4. The molecular weight excluding hydrogens is 364 g/mol. The van der Waals surface area contributed by atoms with E-state index in [4.69, 9.17) is 0 Å². The minimum absolute atomic E-state index is 0.182. The van der Waals surface area contributed by atoms with Crippen molar-refractivity contribution < 1.29 is 20.1 Å². The van der Waals surface area contributed by atoms with E-state index < -0.39 is 5.97 Å². The second-order valence-electron chi connectivity index (χ2n) is 11.9. The first kappa shape index (κ1) is 21.6. The Labute approximate surface area is 176 Å². The first-order valence-corrected chi connectivity index (χ1v) is 12.2. The first-order valence-electron chi connectivity index (χ1n) is 12.2. The fourth-order valence-corrected chi connectivity index (χ4v) is 9.00. The standard InChI is InChI=1S/C25H42O4/c1-14(11-15(2)23(28)29)18-5-6-19-22-20(8-10-25(18,19)4)24(3)9-7-17(26)12-16(24)13-21(22)27/h14-22,26-27H,5-13H2,1-4H3,(H,28,29)/t14-,15+,16?,17-,18-,19?,20?,21-,22?,24+,25-/m1/s1. The number of aliphatic hydroxyl groups excluding tert-OH is 2. The molecule has 0 aromatic rings. The van der Waals surface area contributed by atoms with E-state index >= 15 is 0 Å². The van der Waals surface area contributed by atoms with E-state index in [1.165, 1.54) is 25.7 Å². The van der Waals surface area contributed by atoms with Crippen molar-refractivity contribution in [2.45, 2.75) is 97.7 Å². The van der Waals surface area contributed by atoms with Gasteiger partial charge in [-0.1, -0.05) is 27.7 Å². The quantitative estimate of drug-likeness (QED) is 0.631. The number of carboxylic acid groups (broad SMARTS) is 1. The molecule has 4 aliphatic rings. The Kier molecular flexibility index (Phi) is 5.60. The maximum Gasteiger partial charge on any atom is 0.306 e. The van der Waals surface area contributed by atoms with Gasteiger partial charge in [-0.2, -0.15) is 0 Å². The van der Waals surface area contributed by atoms with Crippen LogP contribution >= 0.6 is 0 Å². The lowest BCUT2D eigenvalue weighted by Gasteiger charge is -2.62. The Morgan fingerprint density at radius 3 is 2.31 bits per heavy atom. The summed E-state index contributed by atoms with van der Waals surface area (Å²) in [6, 6.07) is 0. The third kappa shape index (κ3) is 3.37. The van der Waals surface area contributed by atoms with Crippen molar-refractivity contribution in [1.82, 2.24) is 0 Å². The van der Waals surface area contributed by atoms with E-state index in [0.29, 0.717) is 35.5 Å². The molecule has 0 aliphatic heterocycles. The maximum absolute atomic E-state index is 11.4. The minimum atomic E-state index is -0.679. The molecule has 4 rings (SSSR count). The Bertz CT molecular complexity index is 634. The highest BCUT2D eigenvalue weighted by Crippen LogP contribution is 2.68. The van der Waals surface area contributed by atoms with Crippen LogP contribution in [0, 0.1) is 52.3 Å². The molecule has 0 aromatic carbocycles. The largest absolute Gasteiger partial charge is 0.481 e. The second kappa shape index (κ2) is 7.51. The van der Waals surface area contributed by atoms with Gasteiger partial charge >= 0.3 is 5.97 Å². The Hall–Kier alpha value is -0.610. The number of rotatable bonds is 4. The molecule has 0 aromatic heterocycles. The molecule has 4 saturated carbocycles. The van der Waals surface area contributed by atoms with Crippen LogP contribution in [0.4, 0.5) is 0 Å². The summed E-state index contributed by atoms with van der Waals surface area (Å²) in [6.07, 6.45) is 8.87. The van der Waals surface area contributed by atoms with Crippen LogP contribution in [-0.2, 0) is 4.79 Å². The average Bonchev–Trinajstić information content (AvgIpc) is 3.00. The van der Waals surface area contributed by atoms with E-state index in [1.54, 1.807) is 0 Å². The third-order valence-corrected chi connectivity index (χ3v) is 10.6. The van der Waals surface area contributed by atoms with E-state index in [9.17, 15) is 20.1 Å². The molecular formula is C25H42O4. The van der Waals surface area contributed by atoms with Gasteiger partial charge in [0, 0.05) is 0 Å². The van der Waals surface area contributed by atoms with Crippen molar-refractivity contribution in [2.24, 2.45) is 52.3 Å². The van der Waals surface area contributed by atoms with Crippen LogP contribution in [0.3, 0.4) is 0 Å². The zero-order valence-corrected chi connectivity index (χ0v) is 18.8. The lowest BCUT2D eigenvalue weighted by molar-refractivity contribution is -0.174. The second-order valence-corrected chi connectivity index (χ2v) is 11.9. The molecule has 11 atom stereocenters. The van der Waals surface area contributed by atoms with Crippen molar-refractivity contribution >= 4 is 5.97 Å². The van der Waals surface area contributed by atoms with E-state index in [-0.39, 0.29) is 29.0 Å². The number of carbonyl (C=O) groups is 1. The van der Waals surface area contributed by atoms with Crippen molar-refractivity contribution in [1.29, 1.82) is 0 Å².